The van der Waals surface area contributed by atoms with Gasteiger partial charge in [-0.2, -0.15) is 0 Å². The summed E-state index contributed by atoms with van der Waals surface area (Å²) in [5, 5.41) is 5.62. The van der Waals surface area contributed by atoms with Crippen LogP contribution in [-0.2, 0) is 13.1 Å². The molecule has 0 aliphatic heterocycles. The number of H-pyrrole nitrogens is 1. The Balaban J connectivity index is 1.47. The lowest BCUT2D eigenvalue weighted by Crippen LogP contribution is -2.01. The third-order valence-corrected chi connectivity index (χ3v) is 5.05. The van der Waals surface area contributed by atoms with Crippen LogP contribution in [0.1, 0.15) is 11.1 Å². The van der Waals surface area contributed by atoms with Gasteiger partial charge in [-0.15, -0.1) is 0 Å². The largest absolute Gasteiger partial charge is 0.380 e. The van der Waals surface area contributed by atoms with Gasteiger partial charge in [-0.05, 0) is 35.4 Å². The first-order valence-corrected chi connectivity index (χ1v) is 9.50. The molecular weight excluding hydrogens is 360 g/mol. The number of fused-ring (bicyclic) bond motifs is 3. The molecular formula is C23H20N6. The molecule has 0 aliphatic rings. The number of benzene rings is 1. The third kappa shape index (κ3) is 3.41. The molecule has 29 heavy (non-hydrogen) atoms. The zero-order chi connectivity index (χ0) is 19.6. The highest BCUT2D eigenvalue weighted by Gasteiger charge is 2.09. The molecule has 6 heteroatoms. The second-order valence-electron chi connectivity index (χ2n) is 6.98. The van der Waals surface area contributed by atoms with Gasteiger partial charge >= 0.3 is 0 Å². The molecule has 0 saturated heterocycles. The molecule has 0 amide bonds. The number of aromatic nitrogens is 4. The molecule has 0 unspecified atom stereocenters. The van der Waals surface area contributed by atoms with Crippen molar-refractivity contribution in [2.75, 3.05) is 5.32 Å². The van der Waals surface area contributed by atoms with Gasteiger partial charge in [0.05, 0.1) is 29.3 Å². The van der Waals surface area contributed by atoms with Gasteiger partial charge in [0.15, 0.2) is 0 Å². The Hall–Kier alpha value is -3.77. The highest BCUT2D eigenvalue weighted by Crippen LogP contribution is 2.29. The lowest BCUT2D eigenvalue weighted by molar-refractivity contribution is 1.06. The Morgan fingerprint density at radius 3 is 2.55 bits per heavy atom. The SMILES string of the molecule is NCc1ccc(CNc2cnc3[nH]c4cnc(-c5cccnc5)cc4c3c2)cc1. The normalized spacial score (nSPS) is 11.2. The van der Waals surface area contributed by atoms with Crippen LogP contribution >= 0.6 is 0 Å². The summed E-state index contributed by atoms with van der Waals surface area (Å²) in [7, 11) is 0. The molecule has 0 bridgehead atoms. The number of aromatic amines is 1. The lowest BCUT2D eigenvalue weighted by atomic mass is 10.1. The predicted molar refractivity (Wildman–Crippen MR) is 116 cm³/mol. The lowest BCUT2D eigenvalue weighted by Gasteiger charge is -2.07. The highest BCUT2D eigenvalue weighted by atomic mass is 14.9. The van der Waals surface area contributed by atoms with Crippen molar-refractivity contribution in [3.63, 3.8) is 0 Å². The summed E-state index contributed by atoms with van der Waals surface area (Å²) in [5.74, 6) is 0. The molecule has 0 atom stereocenters. The quantitative estimate of drug-likeness (QED) is 0.424. The number of pyridine rings is 3. The Bertz CT molecular complexity index is 1280. The number of nitrogens with one attached hydrogen (secondary N) is 2. The molecule has 4 aromatic heterocycles. The summed E-state index contributed by atoms with van der Waals surface area (Å²) >= 11 is 0. The molecule has 5 aromatic rings. The van der Waals surface area contributed by atoms with Crippen molar-refractivity contribution in [1.29, 1.82) is 0 Å². The Morgan fingerprint density at radius 2 is 1.76 bits per heavy atom. The minimum absolute atomic E-state index is 0.560. The number of rotatable bonds is 5. The van der Waals surface area contributed by atoms with Crippen molar-refractivity contribution in [1.82, 2.24) is 19.9 Å². The van der Waals surface area contributed by atoms with E-state index in [1.165, 1.54) is 5.56 Å². The smallest absolute Gasteiger partial charge is 0.138 e. The molecule has 0 aliphatic carbocycles. The Labute approximate surface area is 167 Å². The fourth-order valence-electron chi connectivity index (χ4n) is 3.44. The molecule has 4 N–H and O–H groups in total. The molecule has 0 radical (unpaired) electrons. The third-order valence-electron chi connectivity index (χ3n) is 5.05. The Kier molecular flexibility index (Phi) is 4.38. The van der Waals surface area contributed by atoms with Crippen molar-refractivity contribution in [3.05, 3.63) is 84.4 Å². The molecule has 1 aromatic carbocycles. The second kappa shape index (κ2) is 7.33. The first-order valence-electron chi connectivity index (χ1n) is 9.50. The van der Waals surface area contributed by atoms with Crippen LogP contribution in [0.4, 0.5) is 5.69 Å². The van der Waals surface area contributed by atoms with E-state index in [4.69, 9.17) is 5.73 Å². The van der Waals surface area contributed by atoms with E-state index in [-0.39, 0.29) is 0 Å². The minimum Gasteiger partial charge on any atom is -0.380 e. The number of hydrogen-bond acceptors (Lipinski definition) is 5. The van der Waals surface area contributed by atoms with E-state index in [9.17, 15) is 0 Å². The van der Waals surface area contributed by atoms with Gasteiger partial charge in [0, 0.05) is 41.8 Å². The summed E-state index contributed by atoms with van der Waals surface area (Å²) in [6.07, 6.45) is 7.29. The maximum absolute atomic E-state index is 5.67. The highest BCUT2D eigenvalue weighted by molar-refractivity contribution is 6.07. The number of hydrogen-bond donors (Lipinski definition) is 3. The first-order chi connectivity index (χ1) is 14.3. The van der Waals surface area contributed by atoms with Crippen molar-refractivity contribution in [2.45, 2.75) is 13.1 Å². The van der Waals surface area contributed by atoms with Crippen LogP contribution in [0.5, 0.6) is 0 Å². The Morgan fingerprint density at radius 1 is 0.897 bits per heavy atom. The molecule has 6 nitrogen and oxygen atoms in total. The van der Waals surface area contributed by atoms with E-state index in [1.54, 1.807) is 6.20 Å². The topological polar surface area (TPSA) is 92.5 Å². The van der Waals surface area contributed by atoms with Gasteiger partial charge in [0.1, 0.15) is 5.65 Å². The van der Waals surface area contributed by atoms with Crippen LogP contribution in [0.25, 0.3) is 33.2 Å². The van der Waals surface area contributed by atoms with Gasteiger partial charge in [-0.3, -0.25) is 9.97 Å². The van der Waals surface area contributed by atoms with E-state index in [0.29, 0.717) is 6.54 Å². The van der Waals surface area contributed by atoms with E-state index < -0.39 is 0 Å². The predicted octanol–water partition coefficient (Wildman–Crippen LogP) is 4.24. The van der Waals surface area contributed by atoms with Gasteiger partial charge in [-0.1, -0.05) is 24.3 Å². The van der Waals surface area contributed by atoms with Crippen molar-refractivity contribution < 1.29 is 0 Å². The summed E-state index contributed by atoms with van der Waals surface area (Å²) in [6.45, 7) is 1.29. The number of nitrogens with zero attached hydrogens (tertiary/aromatic N) is 3. The molecule has 5 rings (SSSR count). The summed E-state index contributed by atoms with van der Waals surface area (Å²) < 4.78 is 0. The minimum atomic E-state index is 0.560. The van der Waals surface area contributed by atoms with Gasteiger partial charge in [-0.25, -0.2) is 4.98 Å². The molecule has 4 heterocycles. The van der Waals surface area contributed by atoms with Crippen molar-refractivity contribution in [2.24, 2.45) is 5.73 Å². The molecule has 0 spiro atoms. The molecule has 0 saturated carbocycles. The monoisotopic (exact) mass is 380 g/mol. The van der Waals surface area contributed by atoms with Crippen LogP contribution in [-0.4, -0.2) is 19.9 Å². The van der Waals surface area contributed by atoms with E-state index in [2.05, 4.69) is 61.7 Å². The van der Waals surface area contributed by atoms with Crippen molar-refractivity contribution in [3.8, 4) is 11.3 Å². The fraction of sp³-hybridized carbons (Fsp3) is 0.0870. The fourth-order valence-corrected chi connectivity index (χ4v) is 3.44. The standard InChI is InChI=1S/C23H20N6/c24-10-15-3-5-16(6-4-15)11-26-18-8-20-19-9-21(17-2-1-7-25-12-17)27-14-22(19)29-23(20)28-13-18/h1-9,12-14,26H,10-11,24H2,(H,28,29). The van der Waals surface area contributed by atoms with Gasteiger partial charge in [0.25, 0.3) is 0 Å². The van der Waals surface area contributed by atoms with Crippen LogP contribution in [0.3, 0.4) is 0 Å². The number of anilines is 1. The average molecular weight is 380 g/mol. The van der Waals surface area contributed by atoms with Crippen LogP contribution in [0, 0.1) is 0 Å². The van der Waals surface area contributed by atoms with Crippen LogP contribution in [0.2, 0.25) is 0 Å². The van der Waals surface area contributed by atoms with E-state index in [1.807, 2.05) is 30.7 Å². The average Bonchev–Trinajstić information content (AvgIpc) is 3.16. The summed E-state index contributed by atoms with van der Waals surface area (Å²) in [6, 6.07) is 16.5. The first kappa shape index (κ1) is 17.3. The maximum Gasteiger partial charge on any atom is 0.138 e. The molecule has 0 fully saturated rings. The molecule has 142 valence electrons. The van der Waals surface area contributed by atoms with E-state index in [0.717, 1.165) is 51.0 Å². The van der Waals surface area contributed by atoms with Crippen LogP contribution in [0.15, 0.2) is 73.3 Å². The zero-order valence-electron chi connectivity index (χ0n) is 15.8. The second-order valence-corrected chi connectivity index (χ2v) is 6.98. The number of nitrogens with two attached hydrogens (primary N) is 1. The van der Waals surface area contributed by atoms with Crippen LogP contribution < -0.4 is 11.1 Å². The van der Waals surface area contributed by atoms with Gasteiger partial charge in [0.2, 0.25) is 0 Å². The zero-order valence-corrected chi connectivity index (χ0v) is 15.8. The van der Waals surface area contributed by atoms with E-state index >= 15 is 0 Å². The summed E-state index contributed by atoms with van der Waals surface area (Å²) in [4.78, 5) is 16.7. The van der Waals surface area contributed by atoms with Gasteiger partial charge < -0.3 is 16.0 Å². The van der Waals surface area contributed by atoms with Crippen molar-refractivity contribution >= 4 is 27.6 Å². The maximum atomic E-state index is 5.67. The summed E-state index contributed by atoms with van der Waals surface area (Å²) in [5.41, 5.74) is 12.7.